The van der Waals surface area contributed by atoms with Gasteiger partial charge in [0.2, 0.25) is 0 Å². The average molecular weight is 336 g/mol. The molecule has 0 aliphatic heterocycles. The Morgan fingerprint density at radius 1 is 1.42 bits per heavy atom. The van der Waals surface area contributed by atoms with Gasteiger partial charge in [-0.05, 0) is 41.1 Å². The summed E-state index contributed by atoms with van der Waals surface area (Å²) in [6.07, 6.45) is 1.76. The molecule has 0 aliphatic rings. The number of aromatic nitrogens is 1. The van der Waals surface area contributed by atoms with Crippen LogP contribution >= 0.6 is 27.3 Å². The van der Waals surface area contributed by atoms with Gasteiger partial charge < -0.3 is 4.74 Å². The second-order valence-corrected chi connectivity index (χ2v) is 5.82. The third-order valence-corrected chi connectivity index (χ3v) is 5.03. The molecule has 0 saturated heterocycles. The second-order valence-electron chi connectivity index (χ2n) is 3.97. The maximum absolute atomic E-state index is 11.9. The number of hydrogen-bond donors (Lipinski definition) is 0. The van der Waals surface area contributed by atoms with E-state index in [-0.39, 0.29) is 5.97 Å². The van der Waals surface area contributed by atoms with Crippen LogP contribution in [-0.4, -0.2) is 17.6 Å². The monoisotopic (exact) mass is 335 g/mol. The number of rotatable bonds is 2. The molecule has 5 heteroatoms. The molecular formula is C14H10BrNO2S. The van der Waals surface area contributed by atoms with Crippen LogP contribution in [0.4, 0.5) is 0 Å². The van der Waals surface area contributed by atoms with Crippen LogP contribution in [0.25, 0.3) is 21.0 Å². The molecule has 1 aromatic carbocycles. The minimum absolute atomic E-state index is 0.285. The first-order chi connectivity index (χ1) is 9.22. The number of pyridine rings is 1. The number of hydrogen-bond acceptors (Lipinski definition) is 4. The number of carbonyl (C=O) groups is 1. The fourth-order valence-electron chi connectivity index (χ4n) is 2.04. The van der Waals surface area contributed by atoms with Gasteiger partial charge in [-0.3, -0.25) is 4.98 Å². The second kappa shape index (κ2) is 4.90. The summed E-state index contributed by atoms with van der Waals surface area (Å²) in [5.74, 6) is -0.285. The first kappa shape index (κ1) is 12.6. The lowest BCUT2D eigenvalue weighted by Gasteiger charge is -2.00. The van der Waals surface area contributed by atoms with Gasteiger partial charge in [-0.25, -0.2) is 4.79 Å². The molecule has 0 unspecified atom stereocenters. The predicted molar refractivity (Wildman–Crippen MR) is 80.8 cm³/mol. The number of esters is 1. The van der Waals surface area contributed by atoms with Crippen LogP contribution < -0.4 is 0 Å². The largest absolute Gasteiger partial charge is 0.462 e. The van der Waals surface area contributed by atoms with Crippen LogP contribution in [-0.2, 0) is 4.74 Å². The normalized spacial score (nSPS) is 11.1. The number of fused-ring (bicyclic) bond motifs is 3. The van der Waals surface area contributed by atoms with Crippen molar-refractivity contribution in [2.24, 2.45) is 0 Å². The van der Waals surface area contributed by atoms with Crippen LogP contribution in [0.5, 0.6) is 0 Å². The number of thiophene rings is 1. The highest BCUT2D eigenvalue weighted by Gasteiger charge is 2.19. The SMILES string of the molecule is CCOC(=O)c1sc2ccc3ncccc3c2c1Br. The van der Waals surface area contributed by atoms with Crippen molar-refractivity contribution in [2.45, 2.75) is 6.92 Å². The maximum atomic E-state index is 11.9. The highest BCUT2D eigenvalue weighted by atomic mass is 79.9. The Bertz CT molecular complexity index is 782. The molecule has 96 valence electrons. The van der Waals surface area contributed by atoms with Crippen molar-refractivity contribution in [1.29, 1.82) is 0 Å². The maximum Gasteiger partial charge on any atom is 0.349 e. The van der Waals surface area contributed by atoms with E-state index in [9.17, 15) is 4.79 Å². The molecule has 0 radical (unpaired) electrons. The molecule has 3 nitrogen and oxygen atoms in total. The smallest absolute Gasteiger partial charge is 0.349 e. The topological polar surface area (TPSA) is 39.2 Å². The van der Waals surface area contributed by atoms with E-state index in [0.717, 1.165) is 25.5 Å². The van der Waals surface area contributed by atoms with Gasteiger partial charge in [-0.1, -0.05) is 6.07 Å². The van der Waals surface area contributed by atoms with E-state index < -0.39 is 0 Å². The molecule has 0 aliphatic carbocycles. The number of ether oxygens (including phenoxy) is 1. The molecule has 2 aromatic heterocycles. The van der Waals surface area contributed by atoms with Crippen molar-refractivity contribution in [2.75, 3.05) is 6.61 Å². The number of carbonyl (C=O) groups excluding carboxylic acids is 1. The zero-order valence-electron chi connectivity index (χ0n) is 10.1. The average Bonchev–Trinajstić information content (AvgIpc) is 2.77. The van der Waals surface area contributed by atoms with Crippen LogP contribution in [0.15, 0.2) is 34.9 Å². The summed E-state index contributed by atoms with van der Waals surface area (Å²) in [5, 5.41) is 2.07. The Kier molecular flexibility index (Phi) is 3.24. The van der Waals surface area contributed by atoms with Crippen LogP contribution in [0, 0.1) is 0 Å². The summed E-state index contributed by atoms with van der Waals surface area (Å²) in [6.45, 7) is 2.18. The highest BCUT2D eigenvalue weighted by molar-refractivity contribution is 9.10. The molecule has 3 aromatic rings. The van der Waals surface area contributed by atoms with Crippen molar-refractivity contribution < 1.29 is 9.53 Å². The Balaban J connectivity index is 2.32. The van der Waals surface area contributed by atoms with Crippen molar-refractivity contribution in [3.8, 4) is 0 Å². The van der Waals surface area contributed by atoms with Gasteiger partial charge >= 0.3 is 5.97 Å². The molecule has 0 N–H and O–H groups in total. The van der Waals surface area contributed by atoms with Crippen LogP contribution in [0.1, 0.15) is 16.6 Å². The van der Waals surface area contributed by atoms with Gasteiger partial charge in [0.15, 0.2) is 0 Å². The molecule has 0 spiro atoms. The lowest BCUT2D eigenvalue weighted by Crippen LogP contribution is -2.02. The van der Waals surface area contributed by atoms with Gasteiger partial charge in [-0.2, -0.15) is 0 Å². The van der Waals surface area contributed by atoms with Gasteiger partial charge in [0, 0.05) is 21.7 Å². The van der Waals surface area contributed by atoms with Gasteiger partial charge in [-0.15, -0.1) is 11.3 Å². The van der Waals surface area contributed by atoms with E-state index in [1.54, 1.807) is 13.1 Å². The fraction of sp³-hybridized carbons (Fsp3) is 0.143. The minimum Gasteiger partial charge on any atom is -0.462 e. The quantitative estimate of drug-likeness (QED) is 0.652. The lowest BCUT2D eigenvalue weighted by atomic mass is 10.1. The zero-order chi connectivity index (χ0) is 13.4. The van der Waals surface area contributed by atoms with Crippen molar-refractivity contribution >= 4 is 54.2 Å². The Morgan fingerprint density at radius 2 is 2.26 bits per heavy atom. The summed E-state index contributed by atoms with van der Waals surface area (Å²) in [5.41, 5.74) is 0.920. The van der Waals surface area contributed by atoms with E-state index in [1.807, 2.05) is 24.3 Å². The number of benzene rings is 1. The van der Waals surface area contributed by atoms with Gasteiger partial charge in [0.1, 0.15) is 4.88 Å². The molecule has 0 atom stereocenters. The third-order valence-electron chi connectivity index (χ3n) is 2.84. The number of nitrogens with zero attached hydrogens (tertiary/aromatic N) is 1. The predicted octanol–water partition coefficient (Wildman–Crippen LogP) is 4.39. The fourth-order valence-corrected chi connectivity index (χ4v) is 4.01. The molecule has 19 heavy (non-hydrogen) atoms. The standard InChI is InChI=1S/C14H10BrNO2S/c1-2-18-14(17)13-12(15)11-8-4-3-7-16-9(8)5-6-10(11)19-13/h3-7H,2H2,1H3. The summed E-state index contributed by atoms with van der Waals surface area (Å²) < 4.78 is 6.92. The zero-order valence-corrected chi connectivity index (χ0v) is 12.5. The molecule has 0 amide bonds. The molecule has 0 fully saturated rings. The summed E-state index contributed by atoms with van der Waals surface area (Å²) in [6, 6.07) is 7.87. The Morgan fingerprint density at radius 3 is 3.05 bits per heavy atom. The molecule has 0 saturated carbocycles. The van der Waals surface area contributed by atoms with E-state index in [4.69, 9.17) is 4.74 Å². The van der Waals surface area contributed by atoms with Crippen LogP contribution in [0.3, 0.4) is 0 Å². The number of halogens is 1. The van der Waals surface area contributed by atoms with Crippen molar-refractivity contribution in [3.63, 3.8) is 0 Å². The van der Waals surface area contributed by atoms with Crippen LogP contribution in [0.2, 0.25) is 0 Å². The van der Waals surface area contributed by atoms with E-state index in [2.05, 4.69) is 20.9 Å². The first-order valence-electron chi connectivity index (χ1n) is 5.85. The molecular weight excluding hydrogens is 326 g/mol. The van der Waals surface area contributed by atoms with E-state index in [0.29, 0.717) is 11.5 Å². The first-order valence-corrected chi connectivity index (χ1v) is 7.46. The summed E-state index contributed by atoms with van der Waals surface area (Å²) in [7, 11) is 0. The summed E-state index contributed by atoms with van der Waals surface area (Å²) in [4.78, 5) is 16.8. The van der Waals surface area contributed by atoms with E-state index in [1.165, 1.54) is 11.3 Å². The Labute approximate surface area is 122 Å². The minimum atomic E-state index is -0.285. The van der Waals surface area contributed by atoms with Crippen molar-refractivity contribution in [3.05, 3.63) is 39.8 Å². The third kappa shape index (κ3) is 2.03. The molecule has 3 rings (SSSR count). The lowest BCUT2D eigenvalue weighted by molar-refractivity contribution is 0.0531. The molecule has 0 bridgehead atoms. The Hall–Kier alpha value is -1.46. The highest BCUT2D eigenvalue weighted by Crippen LogP contribution is 2.39. The van der Waals surface area contributed by atoms with Gasteiger partial charge in [0.05, 0.1) is 16.6 Å². The van der Waals surface area contributed by atoms with E-state index >= 15 is 0 Å². The summed E-state index contributed by atoms with van der Waals surface area (Å²) >= 11 is 4.96. The molecule has 2 heterocycles. The van der Waals surface area contributed by atoms with Gasteiger partial charge in [0.25, 0.3) is 0 Å². The van der Waals surface area contributed by atoms with Crippen molar-refractivity contribution in [1.82, 2.24) is 4.98 Å².